The first-order chi connectivity index (χ1) is 12.0. The molecule has 2 N–H and O–H groups in total. The highest BCUT2D eigenvalue weighted by molar-refractivity contribution is 7.92. The number of hydrogen-bond donors (Lipinski definition) is 1. The summed E-state index contributed by atoms with van der Waals surface area (Å²) in [6.07, 6.45) is 0.285. The Balaban J connectivity index is 2.07. The number of nitrogens with zero attached hydrogens (tertiary/aromatic N) is 2. The topological polar surface area (TPSA) is 141 Å². The summed E-state index contributed by atoms with van der Waals surface area (Å²) in [5.74, 6) is 0. The number of benzene rings is 2. The minimum absolute atomic E-state index is 0.0716. The molecule has 0 atom stereocenters. The SMILES string of the molecule is NS(=O)(=O)c1ccc2c(c1)CCN2S(=O)(=O)c1ccc(Cl)c([N+](=O)[O-])c1. The lowest BCUT2D eigenvalue weighted by molar-refractivity contribution is -0.384. The number of anilines is 1. The Kier molecular flexibility index (Phi) is 4.43. The van der Waals surface area contributed by atoms with Gasteiger partial charge in [-0.15, -0.1) is 0 Å². The fraction of sp³-hybridized carbons (Fsp3) is 0.143. The van der Waals surface area contributed by atoms with E-state index in [-0.39, 0.29) is 27.8 Å². The Hall–Kier alpha value is -2.21. The van der Waals surface area contributed by atoms with Gasteiger partial charge in [-0.1, -0.05) is 11.6 Å². The fourth-order valence-corrected chi connectivity index (χ4v) is 4.97. The lowest BCUT2D eigenvalue weighted by Crippen LogP contribution is -2.29. The van der Waals surface area contributed by atoms with E-state index >= 15 is 0 Å². The van der Waals surface area contributed by atoms with Crippen molar-refractivity contribution in [2.45, 2.75) is 16.2 Å². The van der Waals surface area contributed by atoms with Crippen LogP contribution in [-0.2, 0) is 26.5 Å². The van der Waals surface area contributed by atoms with E-state index in [0.29, 0.717) is 11.3 Å². The number of nitro groups is 1. The van der Waals surface area contributed by atoms with Crippen molar-refractivity contribution in [1.82, 2.24) is 0 Å². The van der Waals surface area contributed by atoms with Gasteiger partial charge in [0.25, 0.3) is 15.7 Å². The van der Waals surface area contributed by atoms with Gasteiger partial charge in [-0.2, -0.15) is 0 Å². The van der Waals surface area contributed by atoms with Gasteiger partial charge < -0.3 is 0 Å². The molecule has 0 radical (unpaired) electrons. The number of fused-ring (bicyclic) bond motifs is 1. The molecule has 9 nitrogen and oxygen atoms in total. The summed E-state index contributed by atoms with van der Waals surface area (Å²) in [6.45, 7) is 0.0716. The normalized spacial score (nSPS) is 14.3. The third-order valence-electron chi connectivity index (χ3n) is 3.93. The van der Waals surface area contributed by atoms with Crippen LogP contribution in [0.1, 0.15) is 5.56 Å². The molecule has 0 fully saturated rings. The molecule has 2 aromatic carbocycles. The van der Waals surface area contributed by atoms with Crippen LogP contribution in [0.25, 0.3) is 0 Å². The average Bonchev–Trinajstić information content (AvgIpc) is 2.97. The number of primary sulfonamides is 1. The summed E-state index contributed by atoms with van der Waals surface area (Å²) in [4.78, 5) is 9.84. The zero-order valence-electron chi connectivity index (χ0n) is 13.0. The van der Waals surface area contributed by atoms with Gasteiger partial charge in [0.1, 0.15) is 5.02 Å². The molecule has 3 rings (SSSR count). The van der Waals surface area contributed by atoms with Crippen molar-refractivity contribution in [3.05, 3.63) is 57.1 Å². The molecule has 0 amide bonds. The second kappa shape index (κ2) is 6.20. The molecule has 0 aromatic heterocycles. The molecule has 0 bridgehead atoms. The number of sulfonamides is 2. The first-order valence-electron chi connectivity index (χ1n) is 7.14. The third kappa shape index (κ3) is 3.14. The molecule has 0 aliphatic carbocycles. The Morgan fingerprint density at radius 2 is 1.73 bits per heavy atom. The van der Waals surface area contributed by atoms with Gasteiger partial charge in [0.2, 0.25) is 10.0 Å². The minimum Gasteiger partial charge on any atom is -0.266 e. The van der Waals surface area contributed by atoms with Crippen molar-refractivity contribution in [2.75, 3.05) is 10.8 Å². The number of nitrogens with two attached hydrogens (primary N) is 1. The number of nitro benzene ring substituents is 1. The van der Waals surface area contributed by atoms with E-state index in [0.717, 1.165) is 16.4 Å². The molecular formula is C14H12ClN3O6S2. The standard InChI is InChI=1S/C14H12ClN3O6S2/c15-12-3-1-11(8-14(12)18(19)20)26(23,24)17-6-5-9-7-10(25(16,21)22)2-4-13(9)17/h1-4,7-8H,5-6H2,(H2,16,21,22). The Morgan fingerprint density at radius 1 is 1.08 bits per heavy atom. The number of rotatable bonds is 4. The molecule has 26 heavy (non-hydrogen) atoms. The van der Waals surface area contributed by atoms with Crippen molar-refractivity contribution in [1.29, 1.82) is 0 Å². The van der Waals surface area contributed by atoms with Crippen LogP contribution < -0.4 is 9.44 Å². The molecule has 1 aliphatic heterocycles. The first-order valence-corrected chi connectivity index (χ1v) is 10.5. The fourth-order valence-electron chi connectivity index (χ4n) is 2.69. The molecule has 0 spiro atoms. The smallest absolute Gasteiger partial charge is 0.266 e. The van der Waals surface area contributed by atoms with Crippen LogP contribution in [0.4, 0.5) is 11.4 Å². The molecule has 138 valence electrons. The Morgan fingerprint density at radius 3 is 2.35 bits per heavy atom. The maximum absolute atomic E-state index is 12.9. The van der Waals surface area contributed by atoms with E-state index in [2.05, 4.69) is 0 Å². The monoisotopic (exact) mass is 417 g/mol. The molecule has 1 aliphatic rings. The first kappa shape index (κ1) is 18.6. The van der Waals surface area contributed by atoms with E-state index in [4.69, 9.17) is 16.7 Å². The van der Waals surface area contributed by atoms with Gasteiger partial charge in [-0.3, -0.25) is 14.4 Å². The van der Waals surface area contributed by atoms with E-state index in [9.17, 15) is 26.9 Å². The summed E-state index contributed by atoms with van der Waals surface area (Å²) in [6, 6.07) is 7.12. The van der Waals surface area contributed by atoms with E-state index in [1.54, 1.807) is 0 Å². The van der Waals surface area contributed by atoms with Gasteiger partial charge in [0.15, 0.2) is 0 Å². The van der Waals surface area contributed by atoms with Crippen molar-refractivity contribution in [3.8, 4) is 0 Å². The van der Waals surface area contributed by atoms with Gasteiger partial charge >= 0.3 is 0 Å². The molecule has 0 saturated heterocycles. The quantitative estimate of drug-likeness (QED) is 0.592. The summed E-state index contributed by atoms with van der Waals surface area (Å²) >= 11 is 5.72. The average molecular weight is 418 g/mol. The molecule has 0 saturated carbocycles. The molecule has 1 heterocycles. The lowest BCUT2D eigenvalue weighted by Gasteiger charge is -2.19. The molecule has 0 unspecified atom stereocenters. The zero-order chi connectivity index (χ0) is 19.3. The largest absolute Gasteiger partial charge is 0.289 e. The van der Waals surface area contributed by atoms with Crippen LogP contribution in [0.2, 0.25) is 5.02 Å². The van der Waals surface area contributed by atoms with Crippen molar-refractivity contribution >= 4 is 43.0 Å². The third-order valence-corrected chi connectivity index (χ3v) is 6.97. The number of halogens is 1. The second-order valence-corrected chi connectivity index (χ2v) is 9.36. The maximum atomic E-state index is 12.9. The molecule has 12 heteroatoms. The summed E-state index contributed by atoms with van der Waals surface area (Å²) in [5.41, 5.74) is 0.287. The highest BCUT2D eigenvalue weighted by Gasteiger charge is 2.33. The van der Waals surface area contributed by atoms with E-state index < -0.39 is 30.7 Å². The van der Waals surface area contributed by atoms with E-state index in [1.807, 2.05) is 0 Å². The zero-order valence-corrected chi connectivity index (χ0v) is 15.4. The second-order valence-electron chi connectivity index (χ2n) is 5.53. The molecule has 2 aromatic rings. The van der Waals surface area contributed by atoms with Crippen molar-refractivity contribution in [3.63, 3.8) is 0 Å². The van der Waals surface area contributed by atoms with Crippen molar-refractivity contribution in [2.24, 2.45) is 5.14 Å². The molecular weight excluding hydrogens is 406 g/mol. The number of hydrogen-bond acceptors (Lipinski definition) is 6. The lowest BCUT2D eigenvalue weighted by atomic mass is 10.2. The van der Waals surface area contributed by atoms with Crippen LogP contribution in [0.3, 0.4) is 0 Å². The predicted molar refractivity (Wildman–Crippen MR) is 94.2 cm³/mol. The van der Waals surface area contributed by atoms with Crippen LogP contribution in [0.15, 0.2) is 46.2 Å². The van der Waals surface area contributed by atoms with Crippen LogP contribution in [0.5, 0.6) is 0 Å². The van der Waals surface area contributed by atoms with Gasteiger partial charge in [-0.05, 0) is 42.3 Å². The van der Waals surface area contributed by atoms with Crippen LogP contribution in [0, 0.1) is 10.1 Å². The van der Waals surface area contributed by atoms with Crippen molar-refractivity contribution < 1.29 is 21.8 Å². The van der Waals surface area contributed by atoms with Gasteiger partial charge in [0.05, 0.1) is 20.4 Å². The predicted octanol–water partition coefficient (Wildman–Crippen LogP) is 1.65. The van der Waals surface area contributed by atoms with Gasteiger partial charge in [0, 0.05) is 12.6 Å². The highest BCUT2D eigenvalue weighted by Crippen LogP contribution is 2.36. The maximum Gasteiger partial charge on any atom is 0.289 e. The van der Waals surface area contributed by atoms with Gasteiger partial charge in [-0.25, -0.2) is 22.0 Å². The van der Waals surface area contributed by atoms with E-state index in [1.165, 1.54) is 24.3 Å². The minimum atomic E-state index is -4.08. The van der Waals surface area contributed by atoms with Crippen LogP contribution >= 0.6 is 11.6 Å². The van der Waals surface area contributed by atoms with Crippen LogP contribution in [-0.4, -0.2) is 28.3 Å². The highest BCUT2D eigenvalue weighted by atomic mass is 35.5. The summed E-state index contributed by atoms with van der Waals surface area (Å²) in [7, 11) is -7.99. The summed E-state index contributed by atoms with van der Waals surface area (Å²) < 4.78 is 49.7. The Bertz CT molecular complexity index is 1130. The Labute approximate surface area is 154 Å². The summed E-state index contributed by atoms with van der Waals surface area (Å²) in [5, 5.41) is 15.9.